The SMILES string of the molecule is CC(Cc1ccccc1)N1c2nc(N3CCOCC3)cc(=O)n2CC1C(F)(F)F. The number of hydrogen-bond donors (Lipinski definition) is 0. The van der Waals surface area contributed by atoms with Gasteiger partial charge in [-0.05, 0) is 18.9 Å². The Balaban J connectivity index is 1.72. The van der Waals surface area contributed by atoms with Crippen LogP contribution in [-0.2, 0) is 17.7 Å². The molecule has 1 aromatic heterocycles. The fourth-order valence-corrected chi connectivity index (χ4v) is 4.02. The van der Waals surface area contributed by atoms with Gasteiger partial charge in [-0.3, -0.25) is 9.36 Å². The van der Waals surface area contributed by atoms with Crippen molar-refractivity contribution in [3.05, 3.63) is 52.3 Å². The van der Waals surface area contributed by atoms with Gasteiger partial charge in [-0.25, -0.2) is 0 Å². The van der Waals surface area contributed by atoms with Gasteiger partial charge in [0.1, 0.15) is 11.9 Å². The van der Waals surface area contributed by atoms with E-state index in [1.54, 1.807) is 6.92 Å². The highest BCUT2D eigenvalue weighted by molar-refractivity contribution is 5.49. The second-order valence-corrected chi connectivity index (χ2v) is 7.47. The molecule has 6 nitrogen and oxygen atoms in total. The molecule has 4 rings (SSSR count). The molecule has 0 radical (unpaired) electrons. The molecule has 156 valence electrons. The summed E-state index contributed by atoms with van der Waals surface area (Å²) in [5, 5.41) is 0. The minimum absolute atomic E-state index is 0.0877. The average Bonchev–Trinajstić information content (AvgIpc) is 3.10. The lowest BCUT2D eigenvalue weighted by atomic mass is 10.0. The smallest absolute Gasteiger partial charge is 0.378 e. The highest BCUT2D eigenvalue weighted by Crippen LogP contribution is 2.36. The van der Waals surface area contributed by atoms with E-state index in [1.165, 1.54) is 11.0 Å². The van der Waals surface area contributed by atoms with E-state index in [4.69, 9.17) is 4.74 Å². The molecule has 0 amide bonds. The number of nitrogens with zero attached hydrogens (tertiary/aromatic N) is 4. The van der Waals surface area contributed by atoms with E-state index >= 15 is 0 Å². The van der Waals surface area contributed by atoms with Gasteiger partial charge in [0.25, 0.3) is 5.56 Å². The summed E-state index contributed by atoms with van der Waals surface area (Å²) in [6.07, 6.45) is -4.05. The molecule has 0 spiro atoms. The predicted octanol–water partition coefficient (Wildman–Crippen LogP) is 2.46. The van der Waals surface area contributed by atoms with Crippen LogP contribution < -0.4 is 15.4 Å². The molecule has 0 bridgehead atoms. The molecule has 2 aliphatic heterocycles. The Labute approximate surface area is 166 Å². The van der Waals surface area contributed by atoms with Crippen LogP contribution in [0.1, 0.15) is 12.5 Å². The van der Waals surface area contributed by atoms with Gasteiger partial charge in [-0.15, -0.1) is 0 Å². The standard InChI is InChI=1S/C20H23F3N4O2/c1-14(11-15-5-3-2-4-6-15)27-16(20(21,22)23)13-26-18(28)12-17(24-19(26)27)25-7-9-29-10-8-25/h2-6,12,14,16H,7-11,13H2,1H3. The number of morpholine rings is 1. The monoisotopic (exact) mass is 408 g/mol. The van der Waals surface area contributed by atoms with Crippen molar-refractivity contribution < 1.29 is 17.9 Å². The number of benzene rings is 1. The summed E-state index contributed by atoms with van der Waals surface area (Å²) >= 11 is 0. The Morgan fingerprint density at radius 3 is 2.55 bits per heavy atom. The number of hydrogen-bond acceptors (Lipinski definition) is 5. The van der Waals surface area contributed by atoms with Crippen molar-refractivity contribution in [2.24, 2.45) is 0 Å². The van der Waals surface area contributed by atoms with Gasteiger partial charge < -0.3 is 14.5 Å². The molecule has 3 heterocycles. The van der Waals surface area contributed by atoms with Crippen LogP contribution in [0.25, 0.3) is 0 Å². The summed E-state index contributed by atoms with van der Waals surface area (Å²) in [5.41, 5.74) is 0.478. The zero-order valence-electron chi connectivity index (χ0n) is 16.1. The van der Waals surface area contributed by atoms with Crippen molar-refractivity contribution in [3.8, 4) is 0 Å². The second-order valence-electron chi connectivity index (χ2n) is 7.47. The Morgan fingerprint density at radius 1 is 1.21 bits per heavy atom. The number of rotatable bonds is 4. The third-order valence-electron chi connectivity index (χ3n) is 5.46. The van der Waals surface area contributed by atoms with Gasteiger partial charge in [0.05, 0.1) is 19.8 Å². The number of aromatic nitrogens is 2. The maximum atomic E-state index is 13.8. The van der Waals surface area contributed by atoms with Crippen LogP contribution >= 0.6 is 0 Å². The molecule has 1 fully saturated rings. The molecule has 0 aliphatic carbocycles. The topological polar surface area (TPSA) is 50.6 Å². The molecule has 2 aliphatic rings. The maximum Gasteiger partial charge on any atom is 0.410 e. The number of anilines is 2. The summed E-state index contributed by atoms with van der Waals surface area (Å²) in [4.78, 5) is 20.3. The first kappa shape index (κ1) is 19.8. The van der Waals surface area contributed by atoms with Crippen molar-refractivity contribution in [3.63, 3.8) is 0 Å². The van der Waals surface area contributed by atoms with Crippen LogP contribution in [-0.4, -0.2) is 54.1 Å². The van der Waals surface area contributed by atoms with E-state index in [1.807, 2.05) is 35.2 Å². The minimum Gasteiger partial charge on any atom is -0.378 e. The molecule has 0 N–H and O–H groups in total. The zero-order valence-corrected chi connectivity index (χ0v) is 16.1. The van der Waals surface area contributed by atoms with Crippen molar-refractivity contribution in [1.82, 2.24) is 9.55 Å². The highest BCUT2D eigenvalue weighted by atomic mass is 19.4. The largest absolute Gasteiger partial charge is 0.410 e. The Morgan fingerprint density at radius 2 is 1.90 bits per heavy atom. The lowest BCUT2D eigenvalue weighted by Gasteiger charge is -2.33. The average molecular weight is 408 g/mol. The summed E-state index contributed by atoms with van der Waals surface area (Å²) in [6.45, 7) is 3.41. The van der Waals surface area contributed by atoms with Crippen LogP contribution in [0.3, 0.4) is 0 Å². The summed E-state index contributed by atoms with van der Waals surface area (Å²) < 4.78 is 48.0. The minimum atomic E-state index is -4.47. The van der Waals surface area contributed by atoms with E-state index in [9.17, 15) is 18.0 Å². The Hall–Kier alpha value is -2.55. The summed E-state index contributed by atoms with van der Waals surface area (Å²) in [7, 11) is 0. The highest BCUT2D eigenvalue weighted by Gasteiger charge is 2.50. The van der Waals surface area contributed by atoms with Gasteiger partial charge in [0.15, 0.2) is 0 Å². The zero-order chi connectivity index (χ0) is 20.6. The van der Waals surface area contributed by atoms with Crippen LogP contribution in [0.5, 0.6) is 0 Å². The molecule has 2 atom stereocenters. The molecule has 9 heteroatoms. The number of halogens is 3. The molecule has 29 heavy (non-hydrogen) atoms. The van der Waals surface area contributed by atoms with Crippen LogP contribution in [0.15, 0.2) is 41.2 Å². The van der Waals surface area contributed by atoms with Crippen molar-refractivity contribution in [1.29, 1.82) is 0 Å². The third kappa shape index (κ3) is 3.96. The molecular weight excluding hydrogens is 385 g/mol. The van der Waals surface area contributed by atoms with Crippen LogP contribution in [0.4, 0.5) is 24.9 Å². The first-order valence-electron chi connectivity index (χ1n) is 9.68. The Bertz CT molecular complexity index is 910. The van der Waals surface area contributed by atoms with Gasteiger partial charge in [-0.2, -0.15) is 18.2 Å². The van der Waals surface area contributed by atoms with Crippen LogP contribution in [0, 0.1) is 0 Å². The normalized spacial score (nSPS) is 20.6. The molecular formula is C20H23F3N4O2. The first-order chi connectivity index (χ1) is 13.8. The lowest BCUT2D eigenvalue weighted by molar-refractivity contribution is -0.149. The molecule has 0 saturated carbocycles. The third-order valence-corrected chi connectivity index (χ3v) is 5.46. The molecule has 2 aromatic rings. The first-order valence-corrected chi connectivity index (χ1v) is 9.68. The van der Waals surface area contributed by atoms with Crippen LogP contribution in [0.2, 0.25) is 0 Å². The lowest BCUT2D eigenvalue weighted by Crippen LogP contribution is -2.49. The number of ether oxygens (including phenoxy) is 1. The van der Waals surface area contributed by atoms with Gasteiger partial charge in [0, 0.05) is 25.2 Å². The molecule has 1 aromatic carbocycles. The second kappa shape index (κ2) is 7.70. The van der Waals surface area contributed by atoms with Gasteiger partial charge in [0.2, 0.25) is 5.95 Å². The van der Waals surface area contributed by atoms with Gasteiger partial charge in [-0.1, -0.05) is 30.3 Å². The summed E-state index contributed by atoms with van der Waals surface area (Å²) in [6, 6.07) is 8.44. The van der Waals surface area contributed by atoms with Gasteiger partial charge >= 0.3 is 6.18 Å². The number of fused-ring (bicyclic) bond motifs is 1. The van der Waals surface area contributed by atoms with E-state index in [2.05, 4.69) is 4.98 Å². The van der Waals surface area contributed by atoms with Crippen molar-refractivity contribution in [2.75, 3.05) is 36.1 Å². The van der Waals surface area contributed by atoms with Crippen molar-refractivity contribution in [2.45, 2.75) is 38.1 Å². The maximum absolute atomic E-state index is 13.8. The van der Waals surface area contributed by atoms with E-state index in [-0.39, 0.29) is 5.95 Å². The quantitative estimate of drug-likeness (QED) is 0.778. The molecule has 2 unspecified atom stereocenters. The summed E-state index contributed by atoms with van der Waals surface area (Å²) in [5.74, 6) is 0.494. The fraction of sp³-hybridized carbons (Fsp3) is 0.500. The predicted molar refractivity (Wildman–Crippen MR) is 103 cm³/mol. The molecule has 1 saturated heterocycles. The van der Waals surface area contributed by atoms with Crippen molar-refractivity contribution >= 4 is 11.8 Å². The number of alkyl halides is 3. The van der Waals surface area contributed by atoms with E-state index in [0.29, 0.717) is 38.5 Å². The Kier molecular flexibility index (Phi) is 5.24. The fourth-order valence-electron chi connectivity index (χ4n) is 4.02. The van der Waals surface area contributed by atoms with E-state index < -0.39 is 30.4 Å². The van der Waals surface area contributed by atoms with E-state index in [0.717, 1.165) is 10.1 Å².